The Labute approximate surface area is 207 Å². The molecule has 1 N–H and O–H groups in total. The minimum absolute atomic E-state index is 0.0243. The highest BCUT2D eigenvalue weighted by Crippen LogP contribution is 2.48. The molecule has 5 rings (SSSR count). The summed E-state index contributed by atoms with van der Waals surface area (Å²) in [6.45, 7) is 1.65. The van der Waals surface area contributed by atoms with E-state index in [2.05, 4.69) is 11.5 Å². The molecule has 2 aromatic carbocycles. The van der Waals surface area contributed by atoms with Crippen LogP contribution < -0.4 is 10.4 Å². The lowest BCUT2D eigenvalue weighted by atomic mass is 9.80. The van der Waals surface area contributed by atoms with Crippen molar-refractivity contribution in [2.75, 3.05) is 18.1 Å². The number of nitrogens with zero attached hydrogens (tertiary/aromatic N) is 3. The summed E-state index contributed by atoms with van der Waals surface area (Å²) in [5.74, 6) is -2.50. The van der Waals surface area contributed by atoms with Crippen LogP contribution in [-0.4, -0.2) is 25.8 Å². The first-order chi connectivity index (χ1) is 17.2. The number of benzene rings is 2. The van der Waals surface area contributed by atoms with E-state index in [0.29, 0.717) is 12.5 Å². The average molecular weight is 513 g/mol. The van der Waals surface area contributed by atoms with Crippen LogP contribution in [0.4, 0.5) is 18.9 Å². The molecule has 6 nitrogen and oxygen atoms in total. The normalized spacial score (nSPS) is 21.1. The summed E-state index contributed by atoms with van der Waals surface area (Å²) in [5.41, 5.74) is 8.17. The van der Waals surface area contributed by atoms with E-state index >= 15 is 0 Å². The number of anilines is 1. The number of nitrogens with one attached hydrogen (secondary N) is 1. The lowest BCUT2D eigenvalue weighted by Crippen LogP contribution is -2.37. The molecule has 0 bridgehead atoms. The molecule has 1 aliphatic heterocycles. The molecule has 36 heavy (non-hydrogen) atoms. The van der Waals surface area contributed by atoms with Crippen molar-refractivity contribution in [1.29, 1.82) is 5.26 Å². The molecular weight excluding hydrogens is 489 g/mol. The topological polar surface area (TPSA) is 76.4 Å². The minimum Gasteiger partial charge on any atom is -0.301 e. The minimum atomic E-state index is -4.29. The van der Waals surface area contributed by atoms with Crippen LogP contribution in [0, 0.1) is 40.6 Å². The Kier molecular flexibility index (Phi) is 6.14. The van der Waals surface area contributed by atoms with Crippen LogP contribution in [-0.2, 0) is 10.0 Å². The second-order valence-corrected chi connectivity index (χ2v) is 11.0. The van der Waals surface area contributed by atoms with Crippen LogP contribution in [0.3, 0.4) is 0 Å². The fraction of sp³-hybridized carbons (Fsp3) is 0.269. The van der Waals surface area contributed by atoms with Gasteiger partial charge in [-0.05, 0) is 66.8 Å². The van der Waals surface area contributed by atoms with Crippen molar-refractivity contribution < 1.29 is 21.6 Å². The standard InChI is InChI=1S/C26H23F3N4O2S/c1-16-24-14-31-33(22-6-4-19(27)5-7-22)25(24)10-17-2-3-18(26(16)17)15-32(9-8-30)36(34,35)23-12-20(28)11-21(29)13-23/h4-7,10-14,16,18,31H,2-3,9,15H2,1H3/t16-,18+/m0/s1. The number of hydrogen-bond donors (Lipinski definition) is 1. The lowest BCUT2D eigenvalue weighted by Gasteiger charge is -2.31. The highest BCUT2D eigenvalue weighted by Gasteiger charge is 2.40. The third kappa shape index (κ3) is 4.18. The zero-order valence-corrected chi connectivity index (χ0v) is 20.2. The number of halogens is 3. The number of rotatable bonds is 6. The molecule has 2 aliphatic carbocycles. The van der Waals surface area contributed by atoms with Crippen LogP contribution in [0.25, 0.3) is 0 Å². The van der Waals surface area contributed by atoms with Gasteiger partial charge in [0, 0.05) is 30.3 Å². The van der Waals surface area contributed by atoms with Crippen LogP contribution in [0.1, 0.15) is 19.8 Å². The average Bonchev–Trinajstić information content (AvgIpc) is 3.44. The van der Waals surface area contributed by atoms with Gasteiger partial charge in [0.15, 0.2) is 0 Å². The summed E-state index contributed by atoms with van der Waals surface area (Å²) < 4.78 is 68.3. The van der Waals surface area contributed by atoms with E-state index in [1.807, 2.05) is 24.2 Å². The van der Waals surface area contributed by atoms with E-state index in [-0.39, 0.29) is 24.2 Å². The molecule has 186 valence electrons. The summed E-state index contributed by atoms with van der Waals surface area (Å²) in [7, 11) is -4.29. The number of sulfonamides is 1. The monoisotopic (exact) mass is 512 g/mol. The molecule has 0 saturated heterocycles. The van der Waals surface area contributed by atoms with Crippen LogP contribution in [0.15, 0.2) is 82.1 Å². The van der Waals surface area contributed by atoms with Gasteiger partial charge in [-0.3, -0.25) is 5.01 Å². The van der Waals surface area contributed by atoms with E-state index < -0.39 is 33.1 Å². The summed E-state index contributed by atoms with van der Waals surface area (Å²) in [6, 6.07) is 10.2. The Morgan fingerprint density at radius 3 is 2.47 bits per heavy atom. The van der Waals surface area contributed by atoms with E-state index in [0.717, 1.165) is 51.0 Å². The first kappa shape index (κ1) is 24.2. The molecule has 2 atom stereocenters. The van der Waals surface area contributed by atoms with E-state index in [4.69, 9.17) is 0 Å². The summed E-state index contributed by atoms with van der Waals surface area (Å²) >= 11 is 0. The summed E-state index contributed by atoms with van der Waals surface area (Å²) in [4.78, 5) is -0.515. The molecule has 10 heteroatoms. The third-order valence-corrected chi connectivity index (χ3v) is 8.72. The van der Waals surface area contributed by atoms with E-state index in [1.54, 1.807) is 12.1 Å². The third-order valence-electron chi connectivity index (χ3n) is 6.93. The van der Waals surface area contributed by atoms with Crippen molar-refractivity contribution in [2.24, 2.45) is 11.8 Å². The van der Waals surface area contributed by atoms with Crippen molar-refractivity contribution in [1.82, 2.24) is 9.73 Å². The number of allylic oxidation sites excluding steroid dienone is 3. The fourth-order valence-corrected chi connectivity index (χ4v) is 6.73. The number of fused-ring (bicyclic) bond motifs is 1. The molecule has 1 heterocycles. The van der Waals surface area contributed by atoms with Crippen LogP contribution >= 0.6 is 0 Å². The van der Waals surface area contributed by atoms with Gasteiger partial charge in [0.1, 0.15) is 24.0 Å². The van der Waals surface area contributed by atoms with E-state index in [9.17, 15) is 26.9 Å². The maximum atomic E-state index is 13.7. The van der Waals surface area contributed by atoms with Crippen molar-refractivity contribution in [2.45, 2.75) is 24.7 Å². The number of nitriles is 1. The Morgan fingerprint density at radius 1 is 1.11 bits per heavy atom. The fourth-order valence-electron chi connectivity index (χ4n) is 5.31. The Morgan fingerprint density at radius 2 is 1.81 bits per heavy atom. The van der Waals surface area contributed by atoms with Gasteiger partial charge in [0.25, 0.3) is 0 Å². The predicted octanol–water partition coefficient (Wildman–Crippen LogP) is 4.77. The van der Waals surface area contributed by atoms with Gasteiger partial charge in [0.2, 0.25) is 10.0 Å². The Balaban J connectivity index is 1.44. The molecule has 0 saturated carbocycles. The summed E-state index contributed by atoms with van der Waals surface area (Å²) in [6.07, 6.45) is 5.37. The zero-order valence-electron chi connectivity index (χ0n) is 19.4. The van der Waals surface area contributed by atoms with Gasteiger partial charge in [-0.2, -0.15) is 9.57 Å². The van der Waals surface area contributed by atoms with Crippen molar-refractivity contribution >= 4 is 15.7 Å². The van der Waals surface area contributed by atoms with Crippen molar-refractivity contribution in [3.63, 3.8) is 0 Å². The Bertz CT molecular complexity index is 1440. The second kappa shape index (κ2) is 9.15. The molecule has 0 radical (unpaired) electrons. The molecule has 2 aromatic rings. The molecule has 3 aliphatic rings. The predicted molar refractivity (Wildman–Crippen MR) is 128 cm³/mol. The molecular formula is C26H23F3N4O2S. The first-order valence-corrected chi connectivity index (χ1v) is 12.9. The molecule has 0 unspecified atom stereocenters. The molecule has 0 fully saturated rings. The Hall–Kier alpha value is -3.55. The van der Waals surface area contributed by atoms with Crippen LogP contribution in [0.2, 0.25) is 0 Å². The largest absolute Gasteiger partial charge is 0.301 e. The van der Waals surface area contributed by atoms with Crippen molar-refractivity contribution in [3.8, 4) is 6.07 Å². The van der Waals surface area contributed by atoms with E-state index in [1.165, 1.54) is 12.1 Å². The van der Waals surface area contributed by atoms with Gasteiger partial charge in [-0.25, -0.2) is 21.6 Å². The molecule has 0 amide bonds. The number of hydrazine groups is 1. The molecule has 0 spiro atoms. The maximum absolute atomic E-state index is 13.7. The van der Waals surface area contributed by atoms with Crippen LogP contribution in [0.5, 0.6) is 0 Å². The van der Waals surface area contributed by atoms with Crippen molar-refractivity contribution in [3.05, 3.63) is 94.6 Å². The molecule has 0 aromatic heterocycles. The van der Waals surface area contributed by atoms with Gasteiger partial charge >= 0.3 is 0 Å². The SMILES string of the molecule is C[C@H]1C2=CNN(c3ccc(F)cc3)C2=CC2=C1[C@@H](CN(CC#N)S(=O)(=O)c1cc(F)cc(F)c1)CC2. The highest BCUT2D eigenvalue weighted by atomic mass is 32.2. The van der Waals surface area contributed by atoms with Gasteiger partial charge in [0.05, 0.1) is 22.3 Å². The van der Waals surface area contributed by atoms with Gasteiger partial charge in [-0.15, -0.1) is 0 Å². The maximum Gasteiger partial charge on any atom is 0.244 e. The van der Waals surface area contributed by atoms with Gasteiger partial charge in [-0.1, -0.05) is 12.5 Å². The van der Waals surface area contributed by atoms with Gasteiger partial charge < -0.3 is 5.43 Å². The smallest absolute Gasteiger partial charge is 0.244 e. The lowest BCUT2D eigenvalue weighted by molar-refractivity contribution is 0.380. The quantitative estimate of drug-likeness (QED) is 0.565. The zero-order chi connectivity index (χ0) is 25.6. The first-order valence-electron chi connectivity index (χ1n) is 11.5. The number of hydrogen-bond acceptors (Lipinski definition) is 5. The second-order valence-electron chi connectivity index (χ2n) is 9.07. The summed E-state index contributed by atoms with van der Waals surface area (Å²) in [5, 5.41) is 11.2. The highest BCUT2D eigenvalue weighted by molar-refractivity contribution is 7.89.